The van der Waals surface area contributed by atoms with Crippen LogP contribution in [0.3, 0.4) is 0 Å². The molecule has 3 aromatic heterocycles. The molecule has 0 saturated heterocycles. The Hall–Kier alpha value is -3.50. The van der Waals surface area contributed by atoms with Crippen molar-refractivity contribution in [1.82, 2.24) is 29.7 Å². The van der Waals surface area contributed by atoms with Crippen LogP contribution in [0.25, 0.3) is 10.9 Å². The Morgan fingerprint density at radius 1 is 1.25 bits per heavy atom. The van der Waals surface area contributed by atoms with Crippen LogP contribution in [0.5, 0.6) is 0 Å². The first-order chi connectivity index (χ1) is 15.8. The number of para-hydroxylation sites is 1. The molecule has 4 aromatic rings. The molecule has 0 amide bonds. The summed E-state index contributed by atoms with van der Waals surface area (Å²) in [5, 5.41) is 11.2. The minimum atomic E-state index is 0.730. The van der Waals surface area contributed by atoms with E-state index in [4.69, 9.17) is 6.42 Å². The Bertz CT molecular complexity index is 1250. The first kappa shape index (κ1) is 21.7. The lowest BCUT2D eigenvalue weighted by Gasteiger charge is -2.10. The van der Waals surface area contributed by atoms with Crippen molar-refractivity contribution >= 4 is 22.7 Å². The second kappa shape index (κ2) is 10.7. The van der Waals surface area contributed by atoms with Crippen molar-refractivity contribution in [2.24, 2.45) is 0 Å². The van der Waals surface area contributed by atoms with Gasteiger partial charge in [-0.05, 0) is 43.0 Å². The summed E-state index contributed by atoms with van der Waals surface area (Å²) in [4.78, 5) is 10.7. The molecule has 0 bridgehead atoms. The molecule has 0 fully saturated rings. The Balaban J connectivity index is 1.54. The SMILES string of the molecule is C#C/C=C\C(=C/C)CSc1nnc(Cc2c[nH]c3ccccc23)n1CCCc1c[nH]cn1. The molecule has 0 radical (unpaired) electrons. The minimum Gasteiger partial charge on any atom is -0.361 e. The fourth-order valence-corrected chi connectivity index (χ4v) is 4.62. The number of aromatic amines is 2. The van der Waals surface area contributed by atoms with Crippen LogP contribution in [0.2, 0.25) is 0 Å². The molecule has 0 spiro atoms. The van der Waals surface area contributed by atoms with Gasteiger partial charge in [-0.1, -0.05) is 48.0 Å². The number of hydrogen-bond donors (Lipinski definition) is 2. The van der Waals surface area contributed by atoms with E-state index >= 15 is 0 Å². The summed E-state index contributed by atoms with van der Waals surface area (Å²) < 4.78 is 2.25. The molecule has 4 rings (SSSR count). The second-order valence-electron chi connectivity index (χ2n) is 7.40. The third-order valence-corrected chi connectivity index (χ3v) is 6.36. The number of aromatic nitrogens is 6. The number of aryl methyl sites for hydroxylation is 1. The molecule has 0 aliphatic heterocycles. The first-order valence-electron chi connectivity index (χ1n) is 10.6. The Kier molecular flexibility index (Phi) is 7.26. The Morgan fingerprint density at radius 3 is 2.97 bits per heavy atom. The van der Waals surface area contributed by atoms with Gasteiger partial charge in [-0.2, -0.15) is 0 Å². The number of imidazole rings is 1. The molecular weight excluding hydrogens is 416 g/mol. The first-order valence-corrected chi connectivity index (χ1v) is 11.6. The zero-order valence-electron chi connectivity index (χ0n) is 18.1. The van der Waals surface area contributed by atoms with Crippen molar-refractivity contribution in [3.05, 3.63) is 83.9 Å². The number of benzene rings is 1. The lowest BCUT2D eigenvalue weighted by molar-refractivity contribution is 0.573. The molecule has 32 heavy (non-hydrogen) atoms. The highest BCUT2D eigenvalue weighted by Gasteiger charge is 2.15. The van der Waals surface area contributed by atoms with E-state index in [1.54, 1.807) is 24.2 Å². The van der Waals surface area contributed by atoms with Crippen molar-refractivity contribution < 1.29 is 0 Å². The van der Waals surface area contributed by atoms with Crippen molar-refractivity contribution in [2.45, 2.75) is 37.9 Å². The summed E-state index contributed by atoms with van der Waals surface area (Å²) in [5.41, 5.74) is 4.60. The largest absolute Gasteiger partial charge is 0.361 e. The van der Waals surface area contributed by atoms with E-state index < -0.39 is 0 Å². The summed E-state index contributed by atoms with van der Waals surface area (Å²) in [6, 6.07) is 8.35. The average Bonchev–Trinajstić information content (AvgIpc) is 3.56. The van der Waals surface area contributed by atoms with Crippen molar-refractivity contribution in [2.75, 3.05) is 5.75 Å². The smallest absolute Gasteiger partial charge is 0.191 e. The van der Waals surface area contributed by atoms with Gasteiger partial charge in [0.2, 0.25) is 0 Å². The van der Waals surface area contributed by atoms with Gasteiger partial charge in [0.05, 0.1) is 12.0 Å². The van der Waals surface area contributed by atoms with Crippen molar-refractivity contribution in [3.63, 3.8) is 0 Å². The minimum absolute atomic E-state index is 0.730. The lowest BCUT2D eigenvalue weighted by Crippen LogP contribution is -2.07. The zero-order chi connectivity index (χ0) is 22.2. The van der Waals surface area contributed by atoms with E-state index in [2.05, 4.69) is 66.1 Å². The van der Waals surface area contributed by atoms with Crippen LogP contribution in [0.4, 0.5) is 0 Å². The summed E-state index contributed by atoms with van der Waals surface area (Å²) in [6.45, 7) is 2.86. The van der Waals surface area contributed by atoms with Crippen LogP contribution < -0.4 is 0 Å². The van der Waals surface area contributed by atoms with E-state index in [0.29, 0.717) is 0 Å². The highest BCUT2D eigenvalue weighted by Crippen LogP contribution is 2.25. The van der Waals surface area contributed by atoms with Gasteiger partial charge in [-0.25, -0.2) is 4.98 Å². The van der Waals surface area contributed by atoms with Gasteiger partial charge in [0, 0.05) is 42.0 Å². The number of terminal acetylenes is 1. The molecule has 7 heteroatoms. The summed E-state index contributed by atoms with van der Waals surface area (Å²) in [7, 11) is 0. The van der Waals surface area contributed by atoms with E-state index in [1.165, 1.54) is 10.9 Å². The highest BCUT2D eigenvalue weighted by atomic mass is 32.2. The van der Waals surface area contributed by atoms with E-state index in [9.17, 15) is 0 Å². The molecule has 2 N–H and O–H groups in total. The van der Waals surface area contributed by atoms with Crippen molar-refractivity contribution in [3.8, 4) is 12.3 Å². The number of thioether (sulfide) groups is 1. The van der Waals surface area contributed by atoms with Crippen molar-refractivity contribution in [1.29, 1.82) is 0 Å². The monoisotopic (exact) mass is 442 g/mol. The van der Waals surface area contributed by atoms with Gasteiger partial charge in [0.1, 0.15) is 5.82 Å². The van der Waals surface area contributed by atoms with E-state index in [-0.39, 0.29) is 0 Å². The third-order valence-electron chi connectivity index (χ3n) is 5.32. The molecule has 0 unspecified atom stereocenters. The van der Waals surface area contributed by atoms with E-state index in [1.807, 2.05) is 25.3 Å². The number of H-pyrrole nitrogens is 2. The van der Waals surface area contributed by atoms with Gasteiger partial charge in [0.15, 0.2) is 5.16 Å². The van der Waals surface area contributed by atoms with Gasteiger partial charge in [-0.15, -0.1) is 16.6 Å². The number of nitrogens with one attached hydrogen (secondary N) is 2. The number of nitrogens with zero attached hydrogens (tertiary/aromatic N) is 4. The van der Waals surface area contributed by atoms with Gasteiger partial charge < -0.3 is 14.5 Å². The Labute approximate surface area is 192 Å². The molecule has 0 atom stereocenters. The molecule has 6 nitrogen and oxygen atoms in total. The standard InChI is InChI=1S/C25H26N6S/c1-3-5-9-19(4-2)17-32-25-30-29-24(31(25)13-8-10-21-16-26-18-28-21)14-20-15-27-23-12-7-6-11-22(20)23/h1,4-7,9,11-12,15-16,18,27H,8,10,13-14,17H2,2H3,(H,26,28)/b9-5-,19-4+. The van der Waals surface area contributed by atoms with E-state index in [0.717, 1.165) is 59.3 Å². The van der Waals surface area contributed by atoms with Crippen LogP contribution in [0, 0.1) is 12.3 Å². The summed E-state index contributed by atoms with van der Waals surface area (Å²) in [6.07, 6.45) is 19.5. The summed E-state index contributed by atoms with van der Waals surface area (Å²) >= 11 is 1.69. The van der Waals surface area contributed by atoms with Crippen LogP contribution in [-0.2, 0) is 19.4 Å². The van der Waals surface area contributed by atoms with Crippen LogP contribution in [0.1, 0.15) is 30.4 Å². The topological polar surface area (TPSA) is 75.2 Å². The molecule has 3 heterocycles. The second-order valence-corrected chi connectivity index (χ2v) is 8.35. The van der Waals surface area contributed by atoms with Crippen LogP contribution >= 0.6 is 11.8 Å². The molecule has 0 aliphatic carbocycles. The maximum atomic E-state index is 5.36. The quantitative estimate of drug-likeness (QED) is 0.207. The van der Waals surface area contributed by atoms with Gasteiger partial charge in [0.25, 0.3) is 0 Å². The summed E-state index contributed by atoms with van der Waals surface area (Å²) in [5.74, 6) is 4.32. The average molecular weight is 443 g/mol. The molecule has 1 aromatic carbocycles. The number of allylic oxidation sites excluding steroid dienone is 3. The molecule has 0 aliphatic rings. The van der Waals surface area contributed by atoms with Crippen LogP contribution in [0.15, 0.2) is 71.9 Å². The maximum Gasteiger partial charge on any atom is 0.191 e. The Morgan fingerprint density at radius 2 is 2.16 bits per heavy atom. The predicted octanol–water partition coefficient (Wildman–Crippen LogP) is 4.93. The number of rotatable bonds is 10. The molecular formula is C25H26N6S. The molecule has 0 saturated carbocycles. The zero-order valence-corrected chi connectivity index (χ0v) is 18.9. The third kappa shape index (κ3) is 5.21. The number of hydrogen-bond acceptors (Lipinski definition) is 4. The van der Waals surface area contributed by atoms with Gasteiger partial charge >= 0.3 is 0 Å². The number of fused-ring (bicyclic) bond motifs is 1. The molecule has 162 valence electrons. The fourth-order valence-electron chi connectivity index (χ4n) is 3.61. The fraction of sp³-hybridized carbons (Fsp3) is 0.240. The van der Waals surface area contributed by atoms with Gasteiger partial charge in [-0.3, -0.25) is 0 Å². The predicted molar refractivity (Wildman–Crippen MR) is 130 cm³/mol. The maximum absolute atomic E-state index is 5.36. The normalized spacial score (nSPS) is 12.1. The van der Waals surface area contributed by atoms with Crippen LogP contribution in [-0.4, -0.2) is 35.5 Å². The lowest BCUT2D eigenvalue weighted by atomic mass is 10.1. The highest BCUT2D eigenvalue weighted by molar-refractivity contribution is 7.99.